The number of carbonyl (C=O) groups excluding carboxylic acids is 1. The van der Waals surface area contributed by atoms with E-state index in [-0.39, 0.29) is 18.0 Å². The van der Waals surface area contributed by atoms with E-state index in [1.807, 2.05) is 32.9 Å². The zero-order valence-corrected chi connectivity index (χ0v) is 23.0. The Labute approximate surface area is 228 Å². The van der Waals surface area contributed by atoms with E-state index in [0.717, 1.165) is 16.8 Å². The highest BCUT2D eigenvalue weighted by Crippen LogP contribution is 2.32. The zero-order chi connectivity index (χ0) is 28.2. The molecule has 1 aromatic heterocycles. The number of carbonyl (C=O) groups is 1. The van der Waals surface area contributed by atoms with E-state index in [1.54, 1.807) is 30.5 Å². The van der Waals surface area contributed by atoms with Gasteiger partial charge in [0.05, 0.1) is 4.92 Å². The van der Waals surface area contributed by atoms with E-state index < -0.39 is 38.3 Å². The Hall–Kier alpha value is -3.83. The largest absolute Gasteiger partial charge is 0.445 e. The van der Waals surface area contributed by atoms with E-state index in [4.69, 9.17) is 4.74 Å². The van der Waals surface area contributed by atoms with Crippen molar-refractivity contribution in [1.29, 1.82) is 0 Å². The average molecular weight is 553 g/mol. The SMILES string of the molecule is CC(C)(C)NC(=O)OCc1ccc(CN(C2CCc3cccnc3C2)S(=O)(=O)c2ccccc2[N+](=O)[O-])cc1. The van der Waals surface area contributed by atoms with Gasteiger partial charge in [-0.3, -0.25) is 15.1 Å². The van der Waals surface area contributed by atoms with Crippen LogP contribution in [0.3, 0.4) is 0 Å². The molecule has 1 aliphatic rings. The number of nitro groups is 1. The van der Waals surface area contributed by atoms with Gasteiger partial charge in [0.25, 0.3) is 5.69 Å². The van der Waals surface area contributed by atoms with Gasteiger partial charge in [0.2, 0.25) is 10.0 Å². The predicted molar refractivity (Wildman–Crippen MR) is 145 cm³/mol. The molecule has 1 amide bonds. The summed E-state index contributed by atoms with van der Waals surface area (Å²) in [6.45, 7) is 5.65. The molecule has 0 saturated heterocycles. The third-order valence-corrected chi connectivity index (χ3v) is 8.37. The molecule has 1 aliphatic carbocycles. The quantitative estimate of drug-likeness (QED) is 0.315. The van der Waals surface area contributed by atoms with E-state index >= 15 is 0 Å². The van der Waals surface area contributed by atoms with Crippen molar-refractivity contribution >= 4 is 21.8 Å². The summed E-state index contributed by atoms with van der Waals surface area (Å²) in [5, 5.41) is 14.4. The van der Waals surface area contributed by atoms with Gasteiger partial charge in [-0.1, -0.05) is 42.5 Å². The molecule has 206 valence electrons. The van der Waals surface area contributed by atoms with Crippen LogP contribution < -0.4 is 5.32 Å². The molecule has 4 rings (SSSR count). The van der Waals surface area contributed by atoms with Crippen molar-refractivity contribution in [3.05, 3.63) is 99.4 Å². The van der Waals surface area contributed by atoms with Crippen LogP contribution >= 0.6 is 0 Å². The number of para-hydroxylation sites is 1. The molecular weight excluding hydrogens is 520 g/mol. The monoisotopic (exact) mass is 552 g/mol. The third kappa shape index (κ3) is 6.98. The first kappa shape index (κ1) is 28.2. The van der Waals surface area contributed by atoms with Gasteiger partial charge in [0.15, 0.2) is 4.90 Å². The number of aryl methyl sites for hydroxylation is 1. The molecule has 2 aromatic carbocycles. The molecular formula is C28H32N4O6S. The first-order valence-corrected chi connectivity index (χ1v) is 14.1. The van der Waals surface area contributed by atoms with Crippen LogP contribution in [0.4, 0.5) is 10.5 Å². The maximum absolute atomic E-state index is 14.0. The zero-order valence-electron chi connectivity index (χ0n) is 22.2. The maximum atomic E-state index is 14.0. The molecule has 1 atom stereocenters. The number of benzene rings is 2. The number of ether oxygens (including phenoxy) is 1. The van der Waals surface area contributed by atoms with E-state index in [2.05, 4.69) is 10.3 Å². The summed E-state index contributed by atoms with van der Waals surface area (Å²) in [4.78, 5) is 27.1. The van der Waals surface area contributed by atoms with Crippen molar-refractivity contribution in [2.45, 2.75) is 69.7 Å². The first-order valence-electron chi connectivity index (χ1n) is 12.6. The summed E-state index contributed by atoms with van der Waals surface area (Å²) < 4.78 is 34.6. The number of hydrogen-bond donors (Lipinski definition) is 1. The smallest absolute Gasteiger partial charge is 0.407 e. The summed E-state index contributed by atoms with van der Waals surface area (Å²) >= 11 is 0. The van der Waals surface area contributed by atoms with Crippen molar-refractivity contribution in [1.82, 2.24) is 14.6 Å². The highest BCUT2D eigenvalue weighted by molar-refractivity contribution is 7.89. The van der Waals surface area contributed by atoms with Crippen LogP contribution in [0.1, 0.15) is 49.6 Å². The van der Waals surface area contributed by atoms with E-state index in [9.17, 15) is 23.3 Å². The van der Waals surface area contributed by atoms with Crippen LogP contribution in [0.5, 0.6) is 0 Å². The lowest BCUT2D eigenvalue weighted by molar-refractivity contribution is -0.387. The summed E-state index contributed by atoms with van der Waals surface area (Å²) in [7, 11) is -4.24. The van der Waals surface area contributed by atoms with Crippen LogP contribution in [0, 0.1) is 10.1 Å². The molecule has 0 aliphatic heterocycles. The molecule has 1 N–H and O–H groups in total. The second-order valence-electron chi connectivity index (χ2n) is 10.5. The summed E-state index contributed by atoms with van der Waals surface area (Å²) in [5.74, 6) is 0. The number of rotatable bonds is 8. The van der Waals surface area contributed by atoms with Crippen molar-refractivity contribution in [2.75, 3.05) is 0 Å². The Morgan fingerprint density at radius 3 is 2.49 bits per heavy atom. The molecule has 1 heterocycles. The van der Waals surface area contributed by atoms with Gasteiger partial charge in [0, 0.05) is 42.5 Å². The minimum absolute atomic E-state index is 0.0207. The summed E-state index contributed by atoms with van der Waals surface area (Å²) in [6, 6.07) is 15.9. The second-order valence-corrected chi connectivity index (χ2v) is 12.4. The fourth-order valence-corrected chi connectivity index (χ4v) is 6.35. The van der Waals surface area contributed by atoms with E-state index in [1.165, 1.54) is 28.6 Å². The maximum Gasteiger partial charge on any atom is 0.407 e. The molecule has 0 fully saturated rings. The van der Waals surface area contributed by atoms with Gasteiger partial charge in [-0.2, -0.15) is 4.31 Å². The molecule has 0 bridgehead atoms. The lowest BCUT2D eigenvalue weighted by Gasteiger charge is -2.34. The van der Waals surface area contributed by atoms with Gasteiger partial charge in [0.1, 0.15) is 6.61 Å². The highest BCUT2D eigenvalue weighted by Gasteiger charge is 2.37. The van der Waals surface area contributed by atoms with Gasteiger partial charge in [-0.15, -0.1) is 0 Å². The van der Waals surface area contributed by atoms with Gasteiger partial charge >= 0.3 is 6.09 Å². The van der Waals surface area contributed by atoms with E-state index in [0.29, 0.717) is 24.8 Å². The summed E-state index contributed by atoms with van der Waals surface area (Å²) in [5.41, 5.74) is 2.48. The number of nitrogens with one attached hydrogen (secondary N) is 1. The molecule has 11 heteroatoms. The number of hydrogen-bond acceptors (Lipinski definition) is 7. The highest BCUT2D eigenvalue weighted by atomic mass is 32.2. The Morgan fingerprint density at radius 2 is 1.79 bits per heavy atom. The number of pyridine rings is 1. The van der Waals surface area contributed by atoms with Gasteiger partial charge in [-0.25, -0.2) is 13.2 Å². The minimum atomic E-state index is -4.24. The molecule has 39 heavy (non-hydrogen) atoms. The van der Waals surface area contributed by atoms with Crippen LogP contribution in [0.2, 0.25) is 0 Å². The fourth-order valence-electron chi connectivity index (χ4n) is 4.55. The Kier molecular flexibility index (Phi) is 8.31. The van der Waals surface area contributed by atoms with Crippen LogP contribution in [-0.2, 0) is 40.8 Å². The Bertz CT molecular complexity index is 1450. The second kappa shape index (κ2) is 11.5. The van der Waals surface area contributed by atoms with Crippen LogP contribution in [-0.4, -0.2) is 40.3 Å². The van der Waals surface area contributed by atoms with Crippen LogP contribution in [0.15, 0.2) is 71.8 Å². The Balaban J connectivity index is 1.60. The predicted octanol–water partition coefficient (Wildman–Crippen LogP) is 4.76. The molecule has 0 radical (unpaired) electrons. The topological polar surface area (TPSA) is 132 Å². The number of fused-ring (bicyclic) bond motifs is 1. The molecule has 1 unspecified atom stereocenters. The molecule has 3 aromatic rings. The average Bonchev–Trinajstić information content (AvgIpc) is 2.90. The molecule has 0 saturated carbocycles. The fraction of sp³-hybridized carbons (Fsp3) is 0.357. The lowest BCUT2D eigenvalue weighted by atomic mass is 9.92. The standard InChI is InChI=1S/C28H32N4O6S/c1-28(2,3)30-27(33)38-19-21-12-10-20(11-13-21)18-31(23-15-14-22-7-6-16-29-24(22)17-23)39(36,37)26-9-5-4-8-25(26)32(34)35/h4-13,16,23H,14-15,17-19H2,1-3H3,(H,30,33). The normalized spacial score (nSPS) is 15.4. The van der Waals surface area contributed by atoms with Crippen molar-refractivity contribution in [3.63, 3.8) is 0 Å². The Morgan fingerprint density at radius 1 is 1.10 bits per heavy atom. The first-order chi connectivity index (χ1) is 18.4. The van der Waals surface area contributed by atoms with Crippen molar-refractivity contribution in [2.24, 2.45) is 0 Å². The third-order valence-electron chi connectivity index (χ3n) is 6.42. The minimum Gasteiger partial charge on any atom is -0.445 e. The van der Waals surface area contributed by atoms with Crippen molar-refractivity contribution in [3.8, 4) is 0 Å². The lowest BCUT2D eigenvalue weighted by Crippen LogP contribution is -2.43. The number of aromatic nitrogens is 1. The number of alkyl carbamates (subject to hydrolysis) is 1. The van der Waals surface area contributed by atoms with Crippen LogP contribution in [0.25, 0.3) is 0 Å². The summed E-state index contributed by atoms with van der Waals surface area (Å²) in [6.07, 6.45) is 2.78. The number of amides is 1. The van der Waals surface area contributed by atoms with Crippen molar-refractivity contribution < 1.29 is 22.9 Å². The number of nitrogens with zero attached hydrogens (tertiary/aromatic N) is 3. The van der Waals surface area contributed by atoms with Gasteiger partial charge in [-0.05, 0) is 62.4 Å². The number of sulfonamides is 1. The molecule has 10 nitrogen and oxygen atoms in total. The van der Waals surface area contributed by atoms with Gasteiger partial charge < -0.3 is 10.1 Å². The number of nitro benzene ring substituents is 1. The molecule has 0 spiro atoms.